The van der Waals surface area contributed by atoms with Crippen LogP contribution in [0.4, 0.5) is 5.69 Å². The van der Waals surface area contributed by atoms with Crippen LogP contribution < -0.4 is 27.0 Å². The first-order chi connectivity index (χ1) is 33.0. The number of hydrogen-bond donors (Lipinski definition) is 7. The molecule has 2 amide bonds. The minimum atomic E-state index is -3.01. The number of amides is 2. The number of aryl methyl sites for hydroxylation is 6. The van der Waals surface area contributed by atoms with Crippen molar-refractivity contribution >= 4 is 58.0 Å². The zero-order valence-electron chi connectivity index (χ0n) is 42.1. The Morgan fingerprint density at radius 3 is 1.63 bits per heavy atom. The van der Waals surface area contributed by atoms with Gasteiger partial charge in [0.05, 0.1) is 35.5 Å². The minimum absolute atomic E-state index is 0.00398. The van der Waals surface area contributed by atoms with Gasteiger partial charge in [-0.3, -0.25) is 24.1 Å². The van der Waals surface area contributed by atoms with Gasteiger partial charge < -0.3 is 36.6 Å². The smallest absolute Gasteiger partial charge is 0.255 e. The molecule has 1 fully saturated rings. The molecular weight excluding hydrogens is 902 g/mol. The Bertz CT molecular complexity index is 2630. The summed E-state index contributed by atoms with van der Waals surface area (Å²) in [7, 11) is 0.916. The molecule has 0 heterocycles. The second-order valence-electron chi connectivity index (χ2n) is 20.7. The first-order valence-electron chi connectivity index (χ1n) is 24.7. The third-order valence-corrected chi connectivity index (χ3v) is 19.4. The van der Waals surface area contributed by atoms with E-state index in [1.807, 2.05) is 0 Å². The van der Waals surface area contributed by atoms with Crippen molar-refractivity contribution in [2.45, 2.75) is 130 Å². The Morgan fingerprint density at radius 2 is 1.17 bits per heavy atom. The van der Waals surface area contributed by atoms with Gasteiger partial charge in [0.15, 0.2) is 11.4 Å². The van der Waals surface area contributed by atoms with E-state index in [4.69, 9.17) is 5.73 Å². The number of phenolic OH excluding ortho intramolecular Hbond substituents is 1. The number of unbranched alkanes of at least 4 members (excludes halogenated alkanes) is 7. The highest BCUT2D eigenvalue weighted by Gasteiger charge is 2.68. The number of aliphatic hydroxyl groups is 4. The van der Waals surface area contributed by atoms with E-state index in [1.54, 1.807) is 13.0 Å². The van der Waals surface area contributed by atoms with Crippen LogP contribution >= 0.6 is 7.26 Å². The molecule has 0 bridgehead atoms. The fraction of sp³-hybridized carbons (Fsp3) is 0.439. The van der Waals surface area contributed by atoms with Crippen molar-refractivity contribution in [3.8, 4) is 5.75 Å². The molecule has 3 aliphatic rings. The normalized spacial score (nSPS) is 22.3. The number of rotatable bonds is 17. The van der Waals surface area contributed by atoms with Crippen molar-refractivity contribution in [1.82, 2.24) is 4.90 Å². The van der Waals surface area contributed by atoms with Gasteiger partial charge in [0.2, 0.25) is 11.7 Å². The number of aromatic hydroxyl groups is 1. The number of anilines is 1. The summed E-state index contributed by atoms with van der Waals surface area (Å²) in [6.07, 6.45) is 7.58. The second-order valence-corrected chi connectivity index (χ2v) is 24.3. The van der Waals surface area contributed by atoms with Crippen LogP contribution in [0.5, 0.6) is 5.75 Å². The van der Waals surface area contributed by atoms with Gasteiger partial charge in [0.25, 0.3) is 5.91 Å². The van der Waals surface area contributed by atoms with Crippen molar-refractivity contribution in [1.29, 1.82) is 0 Å². The van der Waals surface area contributed by atoms with Gasteiger partial charge in [0, 0.05) is 17.9 Å². The van der Waals surface area contributed by atoms with Gasteiger partial charge in [0.1, 0.15) is 46.0 Å². The van der Waals surface area contributed by atoms with E-state index in [-0.39, 0.29) is 23.6 Å². The van der Waals surface area contributed by atoms with Crippen molar-refractivity contribution < 1.29 is 44.7 Å². The number of nitrogens with two attached hydrogens (primary N) is 1. The Morgan fingerprint density at radius 1 is 0.714 bits per heavy atom. The van der Waals surface area contributed by atoms with Crippen LogP contribution in [0.1, 0.15) is 115 Å². The van der Waals surface area contributed by atoms with Crippen LogP contribution in [0.25, 0.3) is 5.76 Å². The topological polar surface area (TPSA) is 211 Å². The third kappa shape index (κ3) is 9.48. The van der Waals surface area contributed by atoms with Crippen LogP contribution in [-0.4, -0.2) is 91.8 Å². The molecule has 70 heavy (non-hydrogen) atoms. The van der Waals surface area contributed by atoms with Gasteiger partial charge >= 0.3 is 0 Å². The summed E-state index contributed by atoms with van der Waals surface area (Å²) in [5, 5.41) is 65.4. The maximum Gasteiger partial charge on any atom is 0.255 e. The van der Waals surface area contributed by atoms with Crippen molar-refractivity contribution in [3.63, 3.8) is 0 Å². The molecule has 4 aromatic carbocycles. The van der Waals surface area contributed by atoms with Crippen LogP contribution in [0.2, 0.25) is 0 Å². The number of nitrogens with zero attached hydrogens (tertiary/aromatic N) is 1. The maximum atomic E-state index is 14.3. The number of fused-ring (bicyclic) bond motifs is 3. The number of phenols is 1. The Kier molecular flexibility index (Phi) is 15.4. The summed E-state index contributed by atoms with van der Waals surface area (Å²) in [4.78, 5) is 54.7. The Labute approximate surface area is 413 Å². The first-order valence-corrected chi connectivity index (χ1v) is 26.6. The molecule has 0 aromatic heterocycles. The number of benzene rings is 4. The quantitative estimate of drug-likeness (QED) is 0.0236. The number of Topliss-reactive ketones (excluding diaryl/α,β-unsaturated/α-hetero) is 2. The molecule has 1 saturated carbocycles. The molecule has 6 atom stereocenters. The monoisotopic (exact) mass is 972 g/mol. The molecule has 3 aliphatic carbocycles. The van der Waals surface area contributed by atoms with Gasteiger partial charge in [-0.25, -0.2) is 0 Å². The molecule has 0 aliphatic heterocycles. The average Bonchev–Trinajstić information content (AvgIpc) is 3.26. The lowest BCUT2D eigenvalue weighted by atomic mass is 9.54. The number of hydrogen-bond acceptors (Lipinski definition) is 10. The number of carbonyl (C=O) groups excluding carboxylic acids is 4. The molecule has 0 radical (unpaired) electrons. The van der Waals surface area contributed by atoms with E-state index in [0.29, 0.717) is 12.0 Å². The highest BCUT2D eigenvalue weighted by molar-refractivity contribution is 7.95. The minimum Gasteiger partial charge on any atom is -0.508 e. The molecular formula is C57H71N3O9P+. The Hall–Kier alpha value is -5.65. The summed E-state index contributed by atoms with van der Waals surface area (Å²) in [6.45, 7) is 14.9. The van der Waals surface area contributed by atoms with Crippen LogP contribution in [0.3, 0.4) is 0 Å². The van der Waals surface area contributed by atoms with Crippen LogP contribution in [-0.2, 0) is 19.2 Å². The van der Waals surface area contributed by atoms with E-state index in [2.05, 4.69) is 101 Å². The van der Waals surface area contributed by atoms with E-state index in [9.17, 15) is 44.7 Å². The van der Waals surface area contributed by atoms with Crippen LogP contribution in [0, 0.1) is 53.4 Å². The molecule has 8 N–H and O–H groups in total. The summed E-state index contributed by atoms with van der Waals surface area (Å²) < 4.78 is 0. The SMILES string of the molecule is Cc1cc(C)cc([P+](CCCCCCCCCCC(=O)Nc2ccc3c(c2O)C(O)=C2C(=O)[C@]4(O)C(O)=C(C(N)=O)C(=O)[C@@H](N(C)C)[C@@H]4[C@@H](O)[C@@H]2[C@H]3C)(c2cc(C)cc(C)c2)c2cc(C)cc(C)c2)c1. The Balaban J connectivity index is 0.969. The van der Waals surface area contributed by atoms with Gasteiger partial charge in [-0.1, -0.05) is 63.3 Å². The lowest BCUT2D eigenvalue weighted by Gasteiger charge is -2.53. The number of primary amides is 1. The van der Waals surface area contributed by atoms with Crippen LogP contribution in [0.15, 0.2) is 83.6 Å². The number of likely N-dealkylation sites (N-methyl/N-ethyl adjacent to an activating group) is 1. The fourth-order valence-electron chi connectivity index (χ4n) is 12.0. The van der Waals surface area contributed by atoms with E-state index < -0.39 is 88.7 Å². The van der Waals surface area contributed by atoms with E-state index in [0.717, 1.165) is 51.1 Å². The molecule has 0 saturated heterocycles. The average molecular weight is 973 g/mol. The number of ketones is 2. The molecule has 13 heteroatoms. The summed E-state index contributed by atoms with van der Waals surface area (Å²) in [5.74, 6) is -10.1. The second kappa shape index (κ2) is 20.6. The standard InChI is InChI=1S/C57H70N3O9P/c1-31-22-32(2)26-38(25-31)70(39-27-33(3)23-34(4)28-39,40-29-35(5)24-36(6)30-40)21-17-15-13-11-10-12-14-16-18-43(61)59-42-20-19-41-37(7)44-46(51(63)45(41)50(42)62)54(66)57(69)48(52(44)64)49(60(8)9)53(65)47(55(57)67)56(58)68/h19-20,22-30,37,44,48-49,52,64,69H,10-18,21H2,1-9H3,(H5-,58,59,61,62,63,65,66,67,68)/p+1/t37-,44+,48+,49-,52-,57-/m0/s1. The zero-order chi connectivity index (χ0) is 51.1. The zero-order valence-corrected chi connectivity index (χ0v) is 43.0. The van der Waals surface area contributed by atoms with E-state index >= 15 is 0 Å². The van der Waals surface area contributed by atoms with Crippen molar-refractivity contribution in [3.05, 3.63) is 128 Å². The number of nitrogens with one attached hydrogen (secondary N) is 1. The maximum absolute atomic E-state index is 14.3. The molecule has 4 aromatic rings. The predicted octanol–water partition coefficient (Wildman–Crippen LogP) is 7.79. The third-order valence-electron chi connectivity index (χ3n) is 15.0. The largest absolute Gasteiger partial charge is 0.508 e. The number of carbonyl (C=O) groups is 4. The van der Waals surface area contributed by atoms with Crippen molar-refractivity contribution in [2.75, 3.05) is 25.6 Å². The summed E-state index contributed by atoms with van der Waals surface area (Å²) in [6, 6.07) is 23.0. The lowest BCUT2D eigenvalue weighted by molar-refractivity contribution is -0.169. The highest BCUT2D eigenvalue weighted by atomic mass is 31.2. The van der Waals surface area contributed by atoms with Gasteiger partial charge in [-0.2, -0.15) is 0 Å². The summed E-state index contributed by atoms with van der Waals surface area (Å²) >= 11 is 0. The highest BCUT2D eigenvalue weighted by Crippen LogP contribution is 2.58. The molecule has 12 nitrogen and oxygen atoms in total. The molecule has 372 valence electrons. The van der Waals surface area contributed by atoms with E-state index in [1.165, 1.54) is 74.4 Å². The van der Waals surface area contributed by atoms with Gasteiger partial charge in [-0.15, -0.1) is 0 Å². The molecule has 7 rings (SSSR count). The summed E-state index contributed by atoms with van der Waals surface area (Å²) in [5.41, 5.74) is 8.86. The predicted molar refractivity (Wildman–Crippen MR) is 279 cm³/mol. The molecule has 0 unspecified atom stereocenters. The van der Waals surface area contributed by atoms with Crippen molar-refractivity contribution in [2.24, 2.45) is 17.6 Å². The molecule has 0 spiro atoms. The first kappa shape index (κ1) is 52.2. The lowest BCUT2D eigenvalue weighted by Crippen LogP contribution is -2.70. The van der Waals surface area contributed by atoms with Gasteiger partial charge in [-0.05, 0) is 162 Å². The fourth-order valence-corrected chi connectivity index (χ4v) is 16.9. The number of aliphatic hydroxyl groups excluding tert-OH is 3.